The first-order valence-corrected chi connectivity index (χ1v) is 15.0. The quantitative estimate of drug-likeness (QED) is 0.297. The van der Waals surface area contributed by atoms with Gasteiger partial charge in [-0.2, -0.15) is 0 Å². The van der Waals surface area contributed by atoms with Gasteiger partial charge in [0.2, 0.25) is 5.91 Å². The van der Waals surface area contributed by atoms with Gasteiger partial charge in [-0.15, -0.1) is 0 Å². The van der Waals surface area contributed by atoms with Crippen molar-refractivity contribution in [1.29, 1.82) is 0 Å². The van der Waals surface area contributed by atoms with E-state index in [1.165, 1.54) is 12.1 Å². The number of carbonyl (C=O) groups excluding carboxylic acids is 2. The van der Waals surface area contributed by atoms with Crippen LogP contribution in [0, 0.1) is 11.6 Å². The number of aliphatic hydroxyl groups excluding tert-OH is 1. The Morgan fingerprint density at radius 2 is 2.00 bits per heavy atom. The van der Waals surface area contributed by atoms with Crippen LogP contribution in [0.2, 0.25) is 0 Å². The van der Waals surface area contributed by atoms with Crippen molar-refractivity contribution < 1.29 is 28.2 Å². The van der Waals surface area contributed by atoms with E-state index < -0.39 is 30.0 Å². The van der Waals surface area contributed by atoms with Gasteiger partial charge in [0.05, 0.1) is 12.1 Å². The van der Waals surface area contributed by atoms with Crippen LogP contribution in [0.3, 0.4) is 0 Å². The molecule has 4 unspecified atom stereocenters. The zero-order valence-electron chi connectivity index (χ0n) is 24.0. The lowest BCUT2D eigenvalue weighted by atomic mass is 9.92. The molecule has 0 bridgehead atoms. The van der Waals surface area contributed by atoms with E-state index in [2.05, 4.69) is 27.8 Å². The largest absolute Gasteiger partial charge is 0.473 e. The lowest BCUT2D eigenvalue weighted by molar-refractivity contribution is -0.119. The van der Waals surface area contributed by atoms with Crippen LogP contribution in [0.4, 0.5) is 14.5 Å². The Labute approximate surface area is 245 Å². The summed E-state index contributed by atoms with van der Waals surface area (Å²) in [6, 6.07) is 6.11. The fraction of sp³-hybridized carbons (Fsp3) is 0.500. The average Bonchev–Trinajstić information content (AvgIpc) is 3.65. The van der Waals surface area contributed by atoms with Crippen LogP contribution in [0.15, 0.2) is 42.8 Å². The van der Waals surface area contributed by atoms with Crippen LogP contribution < -0.4 is 20.9 Å². The van der Waals surface area contributed by atoms with Crippen molar-refractivity contribution in [2.75, 3.05) is 18.0 Å². The van der Waals surface area contributed by atoms with Gasteiger partial charge in [-0.25, -0.2) is 8.78 Å². The molecule has 3 aliphatic rings. The molecule has 1 saturated heterocycles. The van der Waals surface area contributed by atoms with E-state index in [0.717, 1.165) is 61.7 Å². The van der Waals surface area contributed by atoms with Crippen molar-refractivity contribution in [3.63, 3.8) is 0 Å². The highest BCUT2D eigenvalue weighted by Crippen LogP contribution is 2.36. The lowest BCUT2D eigenvalue weighted by Crippen LogP contribution is -2.45. The molecule has 0 aromatic heterocycles. The summed E-state index contributed by atoms with van der Waals surface area (Å²) in [6.07, 6.45) is 7.92. The molecule has 2 amide bonds. The number of nitrogens with one attached hydrogen (secondary N) is 3. The smallest absolute Gasteiger partial charge is 0.251 e. The first-order chi connectivity index (χ1) is 20.3. The minimum Gasteiger partial charge on any atom is -0.473 e. The Kier molecular flexibility index (Phi) is 9.62. The number of nitrogens with zero attached hydrogens (tertiary/aromatic N) is 1. The number of hydrogen-bond donors (Lipinski definition) is 4. The van der Waals surface area contributed by atoms with Crippen LogP contribution >= 0.6 is 0 Å². The maximum atomic E-state index is 14.0. The van der Waals surface area contributed by atoms with Crippen LogP contribution in [0.1, 0.15) is 85.1 Å². The molecule has 8 nitrogen and oxygen atoms in total. The average molecular weight is 583 g/mol. The number of carbonyl (C=O) groups is 2. The first-order valence-electron chi connectivity index (χ1n) is 15.0. The molecule has 1 fully saturated rings. The highest BCUT2D eigenvalue weighted by Gasteiger charge is 2.30. The second-order valence-electron chi connectivity index (χ2n) is 11.5. The molecule has 4 N–H and O–H groups in total. The van der Waals surface area contributed by atoms with Crippen molar-refractivity contribution in [1.82, 2.24) is 16.0 Å². The van der Waals surface area contributed by atoms with Crippen LogP contribution in [-0.2, 0) is 22.4 Å². The summed E-state index contributed by atoms with van der Waals surface area (Å²) in [5, 5.41) is 20.3. The van der Waals surface area contributed by atoms with Gasteiger partial charge in [0.25, 0.3) is 5.91 Å². The number of benzene rings is 2. The number of fused-ring (bicyclic) bond motifs is 1. The number of hydrogen-bond acceptors (Lipinski definition) is 6. The van der Waals surface area contributed by atoms with Crippen molar-refractivity contribution in [2.45, 2.75) is 89.1 Å². The Hall–Kier alpha value is -3.66. The van der Waals surface area contributed by atoms with E-state index in [1.54, 1.807) is 12.5 Å². The molecule has 2 aromatic carbocycles. The molecule has 0 saturated carbocycles. The van der Waals surface area contributed by atoms with E-state index in [0.29, 0.717) is 36.8 Å². The third-order valence-electron chi connectivity index (χ3n) is 8.37. The van der Waals surface area contributed by atoms with E-state index in [-0.39, 0.29) is 24.3 Å². The fourth-order valence-electron chi connectivity index (χ4n) is 6.18. The molecule has 3 heterocycles. The van der Waals surface area contributed by atoms with E-state index in [1.807, 2.05) is 12.1 Å². The number of anilines is 1. The van der Waals surface area contributed by atoms with E-state index in [9.17, 15) is 23.5 Å². The molecule has 42 heavy (non-hydrogen) atoms. The Morgan fingerprint density at radius 3 is 2.69 bits per heavy atom. The molecular weight excluding hydrogens is 542 g/mol. The Bertz CT molecular complexity index is 1290. The van der Waals surface area contributed by atoms with Gasteiger partial charge >= 0.3 is 0 Å². The van der Waals surface area contributed by atoms with E-state index in [4.69, 9.17) is 4.74 Å². The van der Waals surface area contributed by atoms with Gasteiger partial charge < -0.3 is 30.7 Å². The first kappa shape index (κ1) is 29.8. The standard InChI is InChI=1S/C32H40F2N4O4/c1-2-3-11-38-12-4-5-25-26(32-35-10-13-42-32)17-21(18-28(25)38)31(41)37-27(16-20-14-22(33)19-23(34)15-20)29(39)8-6-24-7-9-30(40)36-24/h10,13-15,17-19,24,27,29,32,35,39H,2-9,11-12,16H2,1H3,(H,36,40)(H,37,41). The number of amides is 2. The van der Waals surface area contributed by atoms with Crippen LogP contribution in [-0.4, -0.2) is 48.2 Å². The third-order valence-corrected chi connectivity index (χ3v) is 8.37. The summed E-state index contributed by atoms with van der Waals surface area (Å²) in [7, 11) is 0. The number of unbranched alkanes of at least 4 members (excludes halogenated alkanes) is 1. The summed E-state index contributed by atoms with van der Waals surface area (Å²) in [5.41, 5.74) is 3.81. The van der Waals surface area contributed by atoms with Gasteiger partial charge in [0.1, 0.15) is 17.9 Å². The monoisotopic (exact) mass is 582 g/mol. The van der Waals surface area contributed by atoms with Gasteiger partial charge in [0, 0.05) is 54.6 Å². The molecule has 3 aliphatic heterocycles. The van der Waals surface area contributed by atoms with Crippen molar-refractivity contribution in [3.8, 4) is 0 Å². The maximum absolute atomic E-state index is 14.0. The molecular formula is C32H40F2N4O4. The SMILES string of the molecule is CCCCN1CCCc2c(C3NC=CO3)cc(C(=O)NC(Cc3cc(F)cc(F)c3)C(O)CCC3CCC(=O)N3)cc21. The molecule has 0 spiro atoms. The number of halogens is 2. The normalized spacial score (nSPS) is 20.9. The molecule has 0 aliphatic carbocycles. The Morgan fingerprint density at radius 1 is 1.19 bits per heavy atom. The summed E-state index contributed by atoms with van der Waals surface area (Å²) in [6.45, 7) is 3.94. The Balaban J connectivity index is 1.41. The summed E-state index contributed by atoms with van der Waals surface area (Å²) >= 11 is 0. The number of aliphatic hydroxyl groups is 1. The topological polar surface area (TPSA) is 103 Å². The van der Waals surface area contributed by atoms with Crippen molar-refractivity contribution in [2.24, 2.45) is 0 Å². The minimum atomic E-state index is -1.00. The predicted molar refractivity (Wildman–Crippen MR) is 156 cm³/mol. The zero-order valence-corrected chi connectivity index (χ0v) is 24.0. The van der Waals surface area contributed by atoms with Gasteiger partial charge in [-0.05, 0) is 80.3 Å². The molecule has 2 aromatic rings. The highest BCUT2D eigenvalue weighted by atomic mass is 19.1. The van der Waals surface area contributed by atoms with E-state index >= 15 is 0 Å². The molecule has 226 valence electrons. The highest BCUT2D eigenvalue weighted by molar-refractivity contribution is 5.96. The predicted octanol–water partition coefficient (Wildman–Crippen LogP) is 4.37. The maximum Gasteiger partial charge on any atom is 0.251 e. The summed E-state index contributed by atoms with van der Waals surface area (Å²) in [4.78, 5) is 27.8. The fourth-order valence-corrected chi connectivity index (χ4v) is 6.18. The second-order valence-corrected chi connectivity index (χ2v) is 11.5. The number of rotatable bonds is 12. The summed E-state index contributed by atoms with van der Waals surface area (Å²) in [5.74, 6) is -1.84. The van der Waals surface area contributed by atoms with Gasteiger partial charge in [-0.1, -0.05) is 13.3 Å². The van der Waals surface area contributed by atoms with Crippen LogP contribution in [0.25, 0.3) is 0 Å². The zero-order chi connectivity index (χ0) is 29.6. The second kappa shape index (κ2) is 13.5. The lowest BCUT2D eigenvalue weighted by Gasteiger charge is -2.34. The summed E-state index contributed by atoms with van der Waals surface area (Å²) < 4.78 is 33.8. The van der Waals surface area contributed by atoms with Gasteiger partial charge in [-0.3, -0.25) is 9.59 Å². The third kappa shape index (κ3) is 7.21. The minimum absolute atomic E-state index is 0.0123. The van der Waals surface area contributed by atoms with Gasteiger partial charge in [0.15, 0.2) is 6.23 Å². The molecule has 10 heteroatoms. The molecule has 4 atom stereocenters. The van der Waals surface area contributed by atoms with Crippen LogP contribution in [0.5, 0.6) is 0 Å². The molecule has 0 radical (unpaired) electrons. The number of ether oxygens (including phenoxy) is 1. The van der Waals surface area contributed by atoms with Crippen molar-refractivity contribution in [3.05, 3.63) is 76.7 Å². The molecule has 5 rings (SSSR count). The van der Waals surface area contributed by atoms with Crippen molar-refractivity contribution >= 4 is 17.5 Å².